The Morgan fingerprint density at radius 3 is 1.64 bits per heavy atom. The third-order valence-corrected chi connectivity index (χ3v) is 9.98. The second-order valence-electron chi connectivity index (χ2n) is 15.3. The summed E-state index contributed by atoms with van der Waals surface area (Å²) in [6.07, 6.45) is 46.5. The number of phosphoric acid groups is 1. The highest BCUT2D eigenvalue weighted by Gasteiger charge is 2.27. The second kappa shape index (κ2) is 35.9. The zero-order valence-electron chi connectivity index (χ0n) is 34.7. The van der Waals surface area contributed by atoms with Crippen molar-refractivity contribution >= 4 is 13.7 Å². The molecular formula is C44H82N2O6P+. The van der Waals surface area contributed by atoms with Gasteiger partial charge in [0.25, 0.3) is 0 Å². The average Bonchev–Trinajstić information content (AvgIpc) is 3.10. The van der Waals surface area contributed by atoms with Crippen LogP contribution in [0.5, 0.6) is 0 Å². The maximum atomic E-state index is 12.7. The number of carbonyl (C=O) groups is 1. The van der Waals surface area contributed by atoms with E-state index in [9.17, 15) is 19.4 Å². The van der Waals surface area contributed by atoms with E-state index in [1.807, 2.05) is 27.2 Å². The molecule has 8 nitrogen and oxygen atoms in total. The quantitative estimate of drug-likeness (QED) is 0.0252. The van der Waals surface area contributed by atoms with Gasteiger partial charge in [-0.2, -0.15) is 0 Å². The molecule has 0 aromatic rings. The van der Waals surface area contributed by atoms with Crippen molar-refractivity contribution in [3.05, 3.63) is 60.8 Å². The first-order valence-electron chi connectivity index (χ1n) is 21.2. The molecule has 0 bridgehead atoms. The predicted octanol–water partition coefficient (Wildman–Crippen LogP) is 11.5. The van der Waals surface area contributed by atoms with Crippen molar-refractivity contribution in [2.24, 2.45) is 0 Å². The van der Waals surface area contributed by atoms with E-state index in [2.05, 4.69) is 67.8 Å². The van der Waals surface area contributed by atoms with Gasteiger partial charge in [-0.25, -0.2) is 4.57 Å². The molecule has 0 aromatic carbocycles. The molecule has 3 N–H and O–H groups in total. The monoisotopic (exact) mass is 766 g/mol. The van der Waals surface area contributed by atoms with E-state index in [-0.39, 0.29) is 19.1 Å². The van der Waals surface area contributed by atoms with Crippen molar-refractivity contribution < 1.29 is 32.9 Å². The lowest BCUT2D eigenvalue weighted by atomic mass is 10.0. The normalized spacial score (nSPS) is 15.1. The fourth-order valence-corrected chi connectivity index (χ4v) is 6.34. The lowest BCUT2D eigenvalue weighted by molar-refractivity contribution is -0.870. The summed E-state index contributed by atoms with van der Waals surface area (Å²) in [6, 6.07) is -0.843. The Balaban J connectivity index is 3.94. The Hall–Kier alpha value is -1.80. The van der Waals surface area contributed by atoms with E-state index < -0.39 is 20.0 Å². The van der Waals surface area contributed by atoms with Gasteiger partial charge in [-0.1, -0.05) is 164 Å². The number of hydrogen-bond donors (Lipinski definition) is 3. The van der Waals surface area contributed by atoms with Crippen LogP contribution in [0, 0.1) is 0 Å². The number of hydrogen-bond acceptors (Lipinski definition) is 5. The van der Waals surface area contributed by atoms with E-state index in [4.69, 9.17) is 9.05 Å². The van der Waals surface area contributed by atoms with Gasteiger partial charge < -0.3 is 19.8 Å². The van der Waals surface area contributed by atoms with Crippen molar-refractivity contribution in [3.8, 4) is 0 Å². The number of rotatable bonds is 37. The van der Waals surface area contributed by atoms with E-state index >= 15 is 0 Å². The lowest BCUT2D eigenvalue weighted by Gasteiger charge is -2.25. The van der Waals surface area contributed by atoms with E-state index in [0.29, 0.717) is 17.4 Å². The minimum Gasteiger partial charge on any atom is -0.387 e. The first kappa shape index (κ1) is 51.2. The lowest BCUT2D eigenvalue weighted by Crippen LogP contribution is -2.45. The Morgan fingerprint density at radius 1 is 0.660 bits per heavy atom. The number of amides is 1. The van der Waals surface area contributed by atoms with Gasteiger partial charge in [0, 0.05) is 6.42 Å². The topological polar surface area (TPSA) is 105 Å². The van der Waals surface area contributed by atoms with Crippen LogP contribution in [0.3, 0.4) is 0 Å². The fourth-order valence-electron chi connectivity index (χ4n) is 5.60. The van der Waals surface area contributed by atoms with Crippen molar-refractivity contribution in [2.45, 2.75) is 174 Å². The van der Waals surface area contributed by atoms with Crippen molar-refractivity contribution in [2.75, 3.05) is 40.9 Å². The Morgan fingerprint density at radius 2 is 1.13 bits per heavy atom. The smallest absolute Gasteiger partial charge is 0.387 e. The van der Waals surface area contributed by atoms with Crippen LogP contribution < -0.4 is 5.32 Å². The van der Waals surface area contributed by atoms with Gasteiger partial charge >= 0.3 is 7.82 Å². The summed E-state index contributed by atoms with van der Waals surface area (Å²) < 4.78 is 23.3. The van der Waals surface area contributed by atoms with Gasteiger partial charge in [-0.05, 0) is 51.4 Å². The van der Waals surface area contributed by atoms with Crippen LogP contribution >= 0.6 is 7.82 Å². The molecule has 308 valence electrons. The van der Waals surface area contributed by atoms with Crippen LogP contribution in [0.4, 0.5) is 0 Å². The molecule has 0 saturated heterocycles. The van der Waals surface area contributed by atoms with Crippen LogP contribution in [0.1, 0.15) is 162 Å². The number of unbranched alkanes of at least 4 members (excludes halogenated alkanes) is 16. The molecule has 3 atom stereocenters. The second-order valence-corrected chi connectivity index (χ2v) is 16.8. The van der Waals surface area contributed by atoms with Gasteiger partial charge in [-0.3, -0.25) is 13.8 Å². The third kappa shape index (κ3) is 38.3. The molecule has 0 aliphatic carbocycles. The summed E-state index contributed by atoms with van der Waals surface area (Å²) >= 11 is 0. The van der Waals surface area contributed by atoms with Crippen LogP contribution in [-0.4, -0.2) is 73.4 Å². The third-order valence-electron chi connectivity index (χ3n) is 8.99. The van der Waals surface area contributed by atoms with Crippen molar-refractivity contribution in [3.63, 3.8) is 0 Å². The largest absolute Gasteiger partial charge is 0.472 e. The fraction of sp³-hybridized carbons (Fsp3) is 0.750. The summed E-state index contributed by atoms with van der Waals surface area (Å²) in [6.45, 7) is 4.53. The van der Waals surface area contributed by atoms with Crippen LogP contribution in [0.2, 0.25) is 0 Å². The Bertz CT molecular complexity index is 1050. The predicted molar refractivity (Wildman–Crippen MR) is 226 cm³/mol. The summed E-state index contributed by atoms with van der Waals surface area (Å²) in [5.41, 5.74) is 0. The number of carbonyl (C=O) groups excluding carboxylic acids is 1. The molecule has 0 aliphatic heterocycles. The van der Waals surface area contributed by atoms with Crippen LogP contribution in [-0.2, 0) is 18.4 Å². The number of likely N-dealkylation sites (N-methyl/N-ethyl adjacent to an activating group) is 1. The van der Waals surface area contributed by atoms with Crippen LogP contribution in [0.25, 0.3) is 0 Å². The Kier molecular flexibility index (Phi) is 34.7. The molecule has 0 saturated carbocycles. The molecule has 0 radical (unpaired) electrons. The molecule has 9 heteroatoms. The highest BCUT2D eigenvalue weighted by atomic mass is 31.2. The van der Waals surface area contributed by atoms with E-state index in [1.54, 1.807) is 6.08 Å². The number of aliphatic hydroxyl groups excluding tert-OH is 1. The number of nitrogens with one attached hydrogen (secondary N) is 1. The first-order valence-corrected chi connectivity index (χ1v) is 22.7. The van der Waals surface area contributed by atoms with Gasteiger partial charge in [0.15, 0.2) is 0 Å². The summed E-state index contributed by atoms with van der Waals surface area (Å²) in [5, 5.41) is 13.5. The molecule has 0 rings (SSSR count). The maximum absolute atomic E-state index is 12.7. The standard InChI is InChI=1S/C44H81N2O6P/c1-6-8-10-12-13-14-15-16-17-18-19-20-21-22-23-24-25-26-27-28-29-30-31-32-33-34-36-38-44(48)45-42(43(47)37-35-11-9-7-2)41-52-53(49,50)51-40-39-46(3,4)5/h8,10,13-14,16-17,19-20,35,37,42-43,47H,6-7,9,11-12,15,18,21-34,36,38-41H2,1-5H3,(H-,45,48,49,50)/p+1/b10-8-,14-13-,17-16-,20-19-,37-35+. The SMILES string of the molecule is CC/C=C\C/C=C\C/C=C\C/C=C\CCCCCCCCCCCCCCCCC(=O)NC(COP(=O)(O)OCC[N+](C)(C)C)C(O)/C=C/CCCC. The summed E-state index contributed by atoms with van der Waals surface area (Å²) in [7, 11) is 1.56. The van der Waals surface area contributed by atoms with Crippen molar-refractivity contribution in [1.82, 2.24) is 5.32 Å². The number of aliphatic hydroxyl groups is 1. The molecule has 1 amide bonds. The molecular weight excluding hydrogens is 683 g/mol. The molecule has 0 spiro atoms. The van der Waals surface area contributed by atoms with Gasteiger partial charge in [0.1, 0.15) is 13.2 Å². The van der Waals surface area contributed by atoms with E-state index in [0.717, 1.165) is 64.2 Å². The average molecular weight is 766 g/mol. The summed E-state index contributed by atoms with van der Waals surface area (Å²) in [5.74, 6) is -0.191. The number of nitrogens with zero attached hydrogens (tertiary/aromatic N) is 1. The number of allylic oxidation sites excluding steroid dienone is 9. The first-order chi connectivity index (χ1) is 25.5. The zero-order chi connectivity index (χ0) is 39.3. The molecule has 53 heavy (non-hydrogen) atoms. The molecule has 3 unspecified atom stereocenters. The van der Waals surface area contributed by atoms with Gasteiger partial charge in [0.05, 0.1) is 39.9 Å². The minimum absolute atomic E-state index is 0.0583. The van der Waals surface area contributed by atoms with Crippen molar-refractivity contribution in [1.29, 1.82) is 0 Å². The molecule has 0 aromatic heterocycles. The minimum atomic E-state index is -4.32. The Labute approximate surface area is 326 Å². The number of phosphoric ester groups is 1. The number of quaternary nitrogens is 1. The maximum Gasteiger partial charge on any atom is 0.472 e. The zero-order valence-corrected chi connectivity index (χ0v) is 35.6. The molecule has 0 heterocycles. The van der Waals surface area contributed by atoms with E-state index in [1.165, 1.54) is 77.0 Å². The van der Waals surface area contributed by atoms with Crippen LogP contribution in [0.15, 0.2) is 60.8 Å². The molecule has 0 fully saturated rings. The highest BCUT2D eigenvalue weighted by Crippen LogP contribution is 2.43. The molecule has 0 aliphatic rings. The van der Waals surface area contributed by atoms with Gasteiger partial charge in [0.2, 0.25) is 5.91 Å². The summed E-state index contributed by atoms with van der Waals surface area (Å²) in [4.78, 5) is 22.8. The highest BCUT2D eigenvalue weighted by molar-refractivity contribution is 7.47. The van der Waals surface area contributed by atoms with Gasteiger partial charge in [-0.15, -0.1) is 0 Å².